The van der Waals surface area contributed by atoms with Crippen LogP contribution < -0.4 is 0 Å². The summed E-state index contributed by atoms with van der Waals surface area (Å²) in [5.74, 6) is -7.44. The molecular formula is C45H18O17. The molecule has 0 N–H and O–H groups in total. The van der Waals surface area contributed by atoms with Crippen molar-refractivity contribution in [2.45, 2.75) is 12.8 Å². The summed E-state index contributed by atoms with van der Waals surface area (Å²) in [6.07, 6.45) is -0.374. The molecule has 4 heterocycles. The van der Waals surface area contributed by atoms with Crippen LogP contribution in [0, 0.1) is 0 Å². The number of esters is 8. The fraction of sp³-hybridized carbons (Fsp3) is 0.0444. The molecule has 17 nitrogen and oxygen atoms in total. The van der Waals surface area contributed by atoms with Crippen LogP contribution >= 0.6 is 0 Å². The van der Waals surface area contributed by atoms with Gasteiger partial charge in [-0.15, -0.1) is 0 Å². The molecule has 0 aromatic heterocycles. The van der Waals surface area contributed by atoms with Gasteiger partial charge in [-0.1, -0.05) is 24.3 Å². The lowest BCUT2D eigenvalue weighted by Crippen LogP contribution is -2.05. The van der Waals surface area contributed by atoms with Gasteiger partial charge in [0.15, 0.2) is 28.9 Å². The van der Waals surface area contributed by atoms with E-state index >= 15 is 0 Å². The van der Waals surface area contributed by atoms with Gasteiger partial charge < -0.3 is 18.9 Å². The number of Topliss-reactive ketones (excluding diaryl/α,β-unsaturated/α-hetero) is 4. The quantitative estimate of drug-likeness (QED) is 0.103. The van der Waals surface area contributed by atoms with Crippen LogP contribution in [-0.4, -0.2) is 76.7 Å². The molecule has 300 valence electrons. The van der Waals surface area contributed by atoms with E-state index in [9.17, 15) is 62.3 Å². The Labute approximate surface area is 344 Å². The molecule has 0 saturated carbocycles. The monoisotopic (exact) mass is 830 g/mol. The number of hydrogen-bond donors (Lipinski definition) is 0. The minimum Gasteiger partial charge on any atom is -0.386 e. The van der Waals surface area contributed by atoms with Gasteiger partial charge in [0.1, 0.15) is 0 Å². The third kappa shape index (κ3) is 6.24. The first kappa shape index (κ1) is 38.5. The molecule has 0 fully saturated rings. The molecule has 2 aliphatic carbocycles. The number of rotatable bonds is 3. The molecule has 5 aromatic rings. The van der Waals surface area contributed by atoms with Gasteiger partial charge in [-0.05, 0) is 71.8 Å². The average Bonchev–Trinajstić information content (AvgIpc) is 4.05. The van der Waals surface area contributed by atoms with E-state index in [0.717, 1.165) is 0 Å². The summed E-state index contributed by atoms with van der Waals surface area (Å²) >= 11 is 0. The molecule has 0 amide bonds. The fourth-order valence-corrected chi connectivity index (χ4v) is 7.35. The number of carbonyl (C=O) groups is 13. The predicted molar refractivity (Wildman–Crippen MR) is 200 cm³/mol. The van der Waals surface area contributed by atoms with E-state index in [0.29, 0.717) is 16.7 Å². The lowest BCUT2D eigenvalue weighted by molar-refractivity contribution is 0.0425. The zero-order valence-corrected chi connectivity index (χ0v) is 30.9. The third-order valence-corrected chi connectivity index (χ3v) is 10.4. The molecule has 5 aromatic carbocycles. The van der Waals surface area contributed by atoms with Crippen molar-refractivity contribution in [1.82, 2.24) is 0 Å². The van der Waals surface area contributed by atoms with Gasteiger partial charge in [-0.3, -0.25) is 24.0 Å². The van der Waals surface area contributed by atoms with Crippen LogP contribution in [0.15, 0.2) is 84.9 Å². The van der Waals surface area contributed by atoms with Gasteiger partial charge in [0.2, 0.25) is 0 Å². The maximum Gasteiger partial charge on any atom is 0.346 e. The van der Waals surface area contributed by atoms with Crippen molar-refractivity contribution in [3.63, 3.8) is 0 Å². The first-order chi connectivity index (χ1) is 29.6. The van der Waals surface area contributed by atoms with Crippen molar-refractivity contribution in [2.75, 3.05) is 0 Å². The minimum absolute atomic E-state index is 0.0401. The third-order valence-electron chi connectivity index (χ3n) is 10.4. The Morgan fingerprint density at radius 3 is 0.968 bits per heavy atom. The maximum atomic E-state index is 12.6. The second-order valence-corrected chi connectivity index (χ2v) is 14.1. The smallest absolute Gasteiger partial charge is 0.346 e. The van der Waals surface area contributed by atoms with Gasteiger partial charge in [0, 0.05) is 33.4 Å². The van der Waals surface area contributed by atoms with Gasteiger partial charge in [0.25, 0.3) is 0 Å². The van der Waals surface area contributed by atoms with Crippen LogP contribution in [0.3, 0.4) is 0 Å². The van der Waals surface area contributed by atoms with E-state index in [-0.39, 0.29) is 108 Å². The van der Waals surface area contributed by atoms with E-state index in [1.165, 1.54) is 72.8 Å². The highest BCUT2D eigenvalue weighted by Gasteiger charge is 2.37. The fourth-order valence-electron chi connectivity index (χ4n) is 7.35. The standard InChI is InChI=1S/C18H8O6.C16H6O6.C11H4O5/c19-14-7-15(20)12-5-8(1-3-10(12)14)16(21)9-2-4-11-13(6-9)18(23)24-17(11)22;17-13-9-3-1-7(5-11(9)15(19)21-13)8-2-4-10-12(6-8)16(20)22-14(10)18;12-8-3-9(13)5-2-7-6(1-4(5)8)10(14)16-11(7)15/h1-6H,7H2;1-6H;1-2H,3H2. The lowest BCUT2D eigenvalue weighted by atomic mass is 9.96. The number of fused-ring (bicyclic) bond motifs is 6. The molecule has 0 atom stereocenters. The normalized spacial score (nSPS) is 15.9. The molecule has 0 bridgehead atoms. The minimum atomic E-state index is -0.792. The van der Waals surface area contributed by atoms with Gasteiger partial charge in [0.05, 0.1) is 57.3 Å². The van der Waals surface area contributed by atoms with E-state index in [4.69, 9.17) is 0 Å². The average molecular weight is 831 g/mol. The molecule has 6 aliphatic rings. The van der Waals surface area contributed by atoms with Crippen molar-refractivity contribution in [1.29, 1.82) is 0 Å². The number of cyclic esters (lactones) is 8. The van der Waals surface area contributed by atoms with Crippen LogP contribution in [0.5, 0.6) is 0 Å². The summed E-state index contributed by atoms with van der Waals surface area (Å²) < 4.78 is 17.9. The highest BCUT2D eigenvalue weighted by atomic mass is 16.6. The van der Waals surface area contributed by atoms with E-state index < -0.39 is 53.5 Å². The first-order valence-corrected chi connectivity index (χ1v) is 18.1. The highest BCUT2D eigenvalue weighted by molar-refractivity contribution is 6.27. The number of ether oxygens (including phenoxy) is 4. The predicted octanol–water partition coefficient (Wildman–Crippen LogP) is 4.74. The zero-order valence-electron chi connectivity index (χ0n) is 30.9. The second-order valence-electron chi connectivity index (χ2n) is 14.1. The van der Waals surface area contributed by atoms with Crippen molar-refractivity contribution in [2.24, 2.45) is 0 Å². The first-order valence-electron chi connectivity index (χ1n) is 18.1. The van der Waals surface area contributed by atoms with E-state index in [1.807, 2.05) is 0 Å². The largest absolute Gasteiger partial charge is 0.386 e. The Balaban J connectivity index is 0.000000121. The van der Waals surface area contributed by atoms with Crippen molar-refractivity contribution >= 4 is 76.7 Å². The van der Waals surface area contributed by atoms with Crippen LogP contribution in [0.2, 0.25) is 0 Å². The Hall–Kier alpha value is -8.99. The summed E-state index contributed by atoms with van der Waals surface area (Å²) in [7, 11) is 0. The summed E-state index contributed by atoms with van der Waals surface area (Å²) in [6.45, 7) is 0. The Kier molecular flexibility index (Phi) is 8.75. The van der Waals surface area contributed by atoms with Crippen LogP contribution in [0.25, 0.3) is 11.1 Å². The molecule has 62 heavy (non-hydrogen) atoms. The summed E-state index contributed by atoms with van der Waals surface area (Å²) in [5.41, 5.74) is 3.71. The number of ketones is 5. The molecule has 0 spiro atoms. The molecular weight excluding hydrogens is 812 g/mol. The Bertz CT molecular complexity index is 2910. The van der Waals surface area contributed by atoms with Crippen LogP contribution in [-0.2, 0) is 18.9 Å². The number of hydrogen-bond acceptors (Lipinski definition) is 17. The van der Waals surface area contributed by atoms with Crippen molar-refractivity contribution in [3.8, 4) is 11.1 Å². The molecule has 0 unspecified atom stereocenters. The Morgan fingerprint density at radius 2 is 0.565 bits per heavy atom. The molecule has 0 radical (unpaired) electrons. The topological polar surface area (TPSA) is 259 Å². The van der Waals surface area contributed by atoms with E-state index in [1.54, 1.807) is 12.1 Å². The lowest BCUT2D eigenvalue weighted by Gasteiger charge is -2.04. The molecule has 0 saturated heterocycles. The molecule has 4 aliphatic heterocycles. The zero-order chi connectivity index (χ0) is 43.9. The number of carbonyl (C=O) groups excluding carboxylic acids is 13. The second kappa shape index (κ2) is 14.1. The summed E-state index contributed by atoms with van der Waals surface area (Å²) in [4.78, 5) is 150. The van der Waals surface area contributed by atoms with Gasteiger partial charge >= 0.3 is 47.8 Å². The van der Waals surface area contributed by atoms with E-state index in [2.05, 4.69) is 18.9 Å². The van der Waals surface area contributed by atoms with Gasteiger partial charge in [-0.2, -0.15) is 0 Å². The Morgan fingerprint density at radius 1 is 0.290 bits per heavy atom. The summed E-state index contributed by atoms with van der Waals surface area (Å²) in [6, 6.07) is 20.2. The van der Waals surface area contributed by atoms with Crippen molar-refractivity contribution < 1.29 is 81.3 Å². The molecule has 11 rings (SSSR count). The van der Waals surface area contributed by atoms with Crippen LogP contribution in [0.1, 0.15) is 153 Å². The molecule has 17 heteroatoms. The number of benzene rings is 5. The van der Waals surface area contributed by atoms with Crippen molar-refractivity contribution in [3.05, 3.63) is 163 Å². The van der Waals surface area contributed by atoms with Gasteiger partial charge in [-0.25, -0.2) is 38.4 Å². The van der Waals surface area contributed by atoms with Crippen LogP contribution in [0.4, 0.5) is 0 Å². The summed E-state index contributed by atoms with van der Waals surface area (Å²) in [5, 5.41) is 0. The maximum absolute atomic E-state index is 12.6. The SMILES string of the molecule is O=C(c1ccc2c(c1)C(=O)CC2=O)c1ccc2c(c1)C(=O)OC2=O.O=C1CC(=O)c2cc3c(cc21)C(=O)OC3=O.O=C1OC(=O)c2cc(-c3ccc4c(c3)C(=O)OC4=O)ccc21. The highest BCUT2D eigenvalue weighted by Crippen LogP contribution is 2.32.